The van der Waals surface area contributed by atoms with E-state index in [1.54, 1.807) is 24.3 Å². The molecule has 1 fully saturated rings. The zero-order valence-corrected chi connectivity index (χ0v) is 15.0. The van der Waals surface area contributed by atoms with E-state index in [0.717, 1.165) is 25.7 Å². The number of carbonyl (C=O) groups is 2. The third-order valence-corrected chi connectivity index (χ3v) is 4.07. The molecule has 1 saturated carbocycles. The molecule has 0 atom stereocenters. The minimum Gasteiger partial charge on any atom is -0.493 e. The molecule has 7 nitrogen and oxygen atoms in total. The van der Waals surface area contributed by atoms with Crippen molar-refractivity contribution in [1.29, 1.82) is 0 Å². The van der Waals surface area contributed by atoms with Crippen molar-refractivity contribution in [3.8, 4) is 11.5 Å². The van der Waals surface area contributed by atoms with Crippen LogP contribution in [-0.4, -0.2) is 37.8 Å². The first kappa shape index (κ1) is 19.5. The Bertz CT molecular complexity index is 667. The Morgan fingerprint density at radius 1 is 1.23 bits per heavy atom. The average molecular weight is 359 g/mol. The van der Waals surface area contributed by atoms with E-state index in [9.17, 15) is 9.59 Å². The number of methoxy groups -OCH3 is 1. The van der Waals surface area contributed by atoms with Gasteiger partial charge in [0.1, 0.15) is 6.61 Å². The summed E-state index contributed by atoms with van der Waals surface area (Å²) in [5.74, 6) is -0.304. The van der Waals surface area contributed by atoms with Gasteiger partial charge in [-0.15, -0.1) is 0 Å². The van der Waals surface area contributed by atoms with Gasteiger partial charge in [0.05, 0.1) is 13.3 Å². The van der Waals surface area contributed by atoms with Gasteiger partial charge < -0.3 is 14.8 Å². The van der Waals surface area contributed by atoms with Gasteiger partial charge in [-0.05, 0) is 36.6 Å². The summed E-state index contributed by atoms with van der Waals surface area (Å²) in [6.45, 7) is 3.97. The summed E-state index contributed by atoms with van der Waals surface area (Å²) >= 11 is 0. The van der Waals surface area contributed by atoms with Crippen molar-refractivity contribution in [2.75, 3.05) is 13.7 Å². The Morgan fingerprint density at radius 2 is 2.00 bits per heavy atom. The number of nitrogens with one attached hydrogen (secondary N) is 2. The normalized spacial score (nSPS) is 14.7. The number of benzene rings is 1. The van der Waals surface area contributed by atoms with Crippen LogP contribution in [0.5, 0.6) is 11.5 Å². The van der Waals surface area contributed by atoms with Crippen molar-refractivity contribution < 1.29 is 19.1 Å². The monoisotopic (exact) mass is 359 g/mol. The van der Waals surface area contributed by atoms with Gasteiger partial charge in [0.2, 0.25) is 0 Å². The van der Waals surface area contributed by atoms with E-state index in [-0.39, 0.29) is 6.04 Å². The summed E-state index contributed by atoms with van der Waals surface area (Å²) < 4.78 is 10.7. The lowest BCUT2D eigenvalue weighted by molar-refractivity contribution is -0.139. The van der Waals surface area contributed by atoms with Crippen molar-refractivity contribution in [2.24, 2.45) is 5.10 Å². The van der Waals surface area contributed by atoms with E-state index in [1.807, 2.05) is 0 Å². The van der Waals surface area contributed by atoms with Gasteiger partial charge in [0.25, 0.3) is 0 Å². The summed E-state index contributed by atoms with van der Waals surface area (Å²) in [5, 5.41) is 6.57. The fourth-order valence-electron chi connectivity index (χ4n) is 2.75. The number of hydrazone groups is 1. The highest BCUT2D eigenvalue weighted by Gasteiger charge is 2.19. The van der Waals surface area contributed by atoms with Gasteiger partial charge in [-0.1, -0.05) is 31.9 Å². The summed E-state index contributed by atoms with van der Waals surface area (Å²) in [6.07, 6.45) is 8.26. The van der Waals surface area contributed by atoms with Crippen LogP contribution >= 0.6 is 0 Å². The first-order valence-corrected chi connectivity index (χ1v) is 8.69. The first-order chi connectivity index (χ1) is 12.6. The molecule has 2 rings (SSSR count). The maximum atomic E-state index is 11.9. The lowest BCUT2D eigenvalue weighted by Gasteiger charge is -2.22. The molecule has 26 heavy (non-hydrogen) atoms. The zero-order chi connectivity index (χ0) is 18.8. The number of ether oxygens (including phenoxy) is 2. The first-order valence-electron chi connectivity index (χ1n) is 8.69. The Balaban J connectivity index is 1.87. The van der Waals surface area contributed by atoms with Crippen LogP contribution in [0, 0.1) is 0 Å². The van der Waals surface area contributed by atoms with E-state index in [1.165, 1.54) is 19.7 Å². The van der Waals surface area contributed by atoms with E-state index < -0.39 is 11.8 Å². The number of nitrogens with zero attached hydrogens (tertiary/aromatic N) is 1. The van der Waals surface area contributed by atoms with Crippen LogP contribution < -0.4 is 20.2 Å². The summed E-state index contributed by atoms with van der Waals surface area (Å²) in [6, 6.07) is 5.30. The van der Waals surface area contributed by atoms with E-state index in [4.69, 9.17) is 9.47 Å². The maximum absolute atomic E-state index is 11.9. The molecule has 1 aliphatic rings. The number of hydrogen-bond donors (Lipinski definition) is 2. The van der Waals surface area contributed by atoms with Gasteiger partial charge in [-0.2, -0.15) is 5.10 Å². The van der Waals surface area contributed by atoms with Crippen LogP contribution in [0.2, 0.25) is 0 Å². The predicted octanol–water partition coefficient (Wildman–Crippen LogP) is 2.16. The third kappa shape index (κ3) is 5.91. The van der Waals surface area contributed by atoms with E-state index in [2.05, 4.69) is 22.4 Å². The second-order valence-corrected chi connectivity index (χ2v) is 6.02. The molecule has 2 amide bonds. The van der Waals surface area contributed by atoms with Crippen LogP contribution in [0.3, 0.4) is 0 Å². The van der Waals surface area contributed by atoms with Crippen LogP contribution in [0.4, 0.5) is 0 Å². The minimum atomic E-state index is -0.773. The summed E-state index contributed by atoms with van der Waals surface area (Å²) in [5.41, 5.74) is 2.94. The quantitative estimate of drug-likeness (QED) is 0.338. The van der Waals surface area contributed by atoms with Crippen molar-refractivity contribution in [2.45, 2.75) is 38.1 Å². The van der Waals surface area contributed by atoms with Crippen LogP contribution in [0.25, 0.3) is 0 Å². The highest BCUT2D eigenvalue weighted by Crippen LogP contribution is 2.27. The lowest BCUT2D eigenvalue weighted by Crippen LogP contribution is -2.44. The van der Waals surface area contributed by atoms with Crippen LogP contribution in [0.15, 0.2) is 36.0 Å². The standard InChI is InChI=1S/C19H25N3O4/c1-3-11-26-16-10-9-14(12-17(16)25-2)13-20-22-19(24)18(23)21-15-7-5-4-6-8-15/h3,9-10,12-13,15H,1,4-8,11H2,2H3,(H,21,23)(H,22,24)/b20-13+. The van der Waals surface area contributed by atoms with Crippen molar-refractivity contribution in [3.63, 3.8) is 0 Å². The van der Waals surface area contributed by atoms with Gasteiger partial charge in [-0.25, -0.2) is 5.43 Å². The zero-order valence-electron chi connectivity index (χ0n) is 15.0. The maximum Gasteiger partial charge on any atom is 0.329 e. The second kappa shape index (κ2) is 10.2. The second-order valence-electron chi connectivity index (χ2n) is 6.02. The topological polar surface area (TPSA) is 89.0 Å². The molecule has 2 N–H and O–H groups in total. The van der Waals surface area contributed by atoms with Crippen LogP contribution in [-0.2, 0) is 9.59 Å². The largest absolute Gasteiger partial charge is 0.493 e. The SMILES string of the molecule is C=CCOc1ccc(/C=N/NC(=O)C(=O)NC2CCCCC2)cc1OC. The minimum absolute atomic E-state index is 0.0818. The predicted molar refractivity (Wildman–Crippen MR) is 99.4 cm³/mol. The summed E-state index contributed by atoms with van der Waals surface area (Å²) in [7, 11) is 1.54. The molecule has 140 valence electrons. The molecule has 1 aliphatic carbocycles. The molecule has 0 bridgehead atoms. The molecule has 0 radical (unpaired) electrons. The Hall–Kier alpha value is -2.83. The molecule has 0 unspecified atom stereocenters. The fraction of sp³-hybridized carbons (Fsp3) is 0.421. The molecule has 1 aromatic carbocycles. The molecular weight excluding hydrogens is 334 g/mol. The van der Waals surface area contributed by atoms with Gasteiger partial charge >= 0.3 is 11.8 Å². The van der Waals surface area contributed by atoms with E-state index >= 15 is 0 Å². The Morgan fingerprint density at radius 3 is 2.69 bits per heavy atom. The van der Waals surface area contributed by atoms with E-state index in [0.29, 0.717) is 23.7 Å². The molecule has 1 aromatic rings. The Labute approximate surface area is 153 Å². The number of hydrogen-bond acceptors (Lipinski definition) is 5. The number of carbonyl (C=O) groups excluding carboxylic acids is 2. The van der Waals surface area contributed by atoms with Crippen molar-refractivity contribution in [3.05, 3.63) is 36.4 Å². The van der Waals surface area contributed by atoms with Crippen LogP contribution in [0.1, 0.15) is 37.7 Å². The summed E-state index contributed by atoms with van der Waals surface area (Å²) in [4.78, 5) is 23.7. The fourth-order valence-corrected chi connectivity index (χ4v) is 2.75. The molecule has 0 spiro atoms. The molecule has 0 heterocycles. The van der Waals surface area contributed by atoms with Gasteiger partial charge in [-0.3, -0.25) is 9.59 Å². The molecular formula is C19H25N3O4. The molecule has 0 saturated heterocycles. The number of amides is 2. The lowest BCUT2D eigenvalue weighted by atomic mass is 9.95. The van der Waals surface area contributed by atoms with Crippen molar-refractivity contribution in [1.82, 2.24) is 10.7 Å². The third-order valence-electron chi connectivity index (χ3n) is 4.07. The molecule has 0 aromatic heterocycles. The van der Waals surface area contributed by atoms with Crippen molar-refractivity contribution >= 4 is 18.0 Å². The number of rotatable bonds is 7. The molecule has 0 aliphatic heterocycles. The highest BCUT2D eigenvalue weighted by atomic mass is 16.5. The highest BCUT2D eigenvalue weighted by molar-refractivity contribution is 6.35. The van der Waals surface area contributed by atoms with Gasteiger partial charge in [0.15, 0.2) is 11.5 Å². The smallest absolute Gasteiger partial charge is 0.329 e. The van der Waals surface area contributed by atoms with Gasteiger partial charge in [0, 0.05) is 6.04 Å². The average Bonchev–Trinajstić information content (AvgIpc) is 2.67. The molecule has 7 heteroatoms. The Kier molecular flexibility index (Phi) is 7.67.